The number of carbonyl (C=O) groups is 1. The summed E-state index contributed by atoms with van der Waals surface area (Å²) >= 11 is 0. The Morgan fingerprint density at radius 1 is 0.966 bits per heavy atom. The molecule has 2 aromatic carbocycles. The van der Waals surface area contributed by atoms with Crippen molar-refractivity contribution in [2.45, 2.75) is 58.9 Å². The van der Waals surface area contributed by atoms with E-state index in [1.807, 2.05) is 85.0 Å². The number of rotatable bonds is 3. The number of hydrogen-bond acceptors (Lipinski definition) is 3. The largest absolute Gasteiger partial charge is 0.507 e. The number of para-hydroxylation sites is 2. The lowest BCUT2D eigenvalue weighted by molar-refractivity contribution is 0.0971. The highest BCUT2D eigenvalue weighted by atomic mass is 16.3. The topological polar surface area (TPSA) is 71.0 Å². The van der Waals surface area contributed by atoms with Gasteiger partial charge in [0, 0.05) is 23.7 Å². The Kier molecular flexibility index (Phi) is 4.98. The molecule has 0 fully saturated rings. The van der Waals surface area contributed by atoms with Gasteiger partial charge in [0.2, 0.25) is 5.62 Å². The molecule has 1 aromatic heterocycles. The van der Waals surface area contributed by atoms with E-state index in [4.69, 9.17) is 5.41 Å². The van der Waals surface area contributed by atoms with E-state index in [9.17, 15) is 9.90 Å². The first-order valence-electron chi connectivity index (χ1n) is 9.92. The highest BCUT2D eigenvalue weighted by Crippen LogP contribution is 2.39. The van der Waals surface area contributed by atoms with Gasteiger partial charge in [0.25, 0.3) is 0 Å². The maximum Gasteiger partial charge on any atom is 0.203 e. The quantitative estimate of drug-likeness (QED) is 0.636. The fraction of sp³-hybridized carbons (Fsp3) is 0.417. The van der Waals surface area contributed by atoms with Gasteiger partial charge in [-0.25, -0.2) is 0 Å². The molecule has 0 saturated carbocycles. The Morgan fingerprint density at radius 2 is 1.45 bits per heavy atom. The molecule has 3 rings (SSSR count). The summed E-state index contributed by atoms with van der Waals surface area (Å²) in [5.74, 6) is 0.191. The van der Waals surface area contributed by atoms with E-state index in [0.29, 0.717) is 5.56 Å². The number of carbonyl (C=O) groups excluding carboxylic acids is 1. The average Bonchev–Trinajstić information content (AvgIpc) is 2.85. The van der Waals surface area contributed by atoms with Crippen molar-refractivity contribution in [3.8, 4) is 5.75 Å². The van der Waals surface area contributed by atoms with Crippen LogP contribution < -0.4 is 5.62 Å². The summed E-state index contributed by atoms with van der Waals surface area (Å²) in [7, 11) is 1.83. The molecule has 5 nitrogen and oxygen atoms in total. The summed E-state index contributed by atoms with van der Waals surface area (Å²) < 4.78 is 3.51. The minimum absolute atomic E-state index is 0.0733. The minimum Gasteiger partial charge on any atom is -0.507 e. The van der Waals surface area contributed by atoms with Crippen molar-refractivity contribution in [3.63, 3.8) is 0 Å². The molecule has 0 spiro atoms. The summed E-state index contributed by atoms with van der Waals surface area (Å²) in [5.41, 5.74) is 3.56. The molecule has 0 saturated heterocycles. The smallest absolute Gasteiger partial charge is 0.203 e. The van der Waals surface area contributed by atoms with Crippen LogP contribution in [0.4, 0.5) is 0 Å². The summed E-state index contributed by atoms with van der Waals surface area (Å²) in [5, 5.41) is 19.3. The number of nitrogens with one attached hydrogen (secondary N) is 1. The van der Waals surface area contributed by atoms with Crippen LogP contribution in [0.3, 0.4) is 0 Å². The average molecular weight is 394 g/mol. The lowest BCUT2D eigenvalue weighted by Gasteiger charge is -2.28. The summed E-state index contributed by atoms with van der Waals surface area (Å²) in [6.45, 7) is 12.3. The monoisotopic (exact) mass is 393 g/mol. The number of fused-ring (bicyclic) bond motifs is 1. The normalized spacial score (nSPS) is 12.5. The van der Waals surface area contributed by atoms with Crippen molar-refractivity contribution >= 4 is 16.8 Å². The highest BCUT2D eigenvalue weighted by Gasteiger charge is 2.28. The fourth-order valence-corrected chi connectivity index (χ4v) is 3.72. The van der Waals surface area contributed by atoms with Gasteiger partial charge in [-0.05, 0) is 35.1 Å². The minimum atomic E-state index is -0.298. The summed E-state index contributed by atoms with van der Waals surface area (Å²) in [4.78, 5) is 13.3. The Morgan fingerprint density at radius 3 is 1.93 bits per heavy atom. The van der Waals surface area contributed by atoms with Gasteiger partial charge < -0.3 is 14.2 Å². The number of phenolic OH excluding ortho intramolecular Hbond substituents is 1. The maximum absolute atomic E-state index is 13.3. The molecule has 0 aliphatic heterocycles. The number of Topliss-reactive ketones (excluding diaryl/α,β-unsaturated/α-hetero) is 1. The van der Waals surface area contributed by atoms with Gasteiger partial charge in [0.15, 0.2) is 5.78 Å². The highest BCUT2D eigenvalue weighted by molar-refractivity contribution is 5.97. The maximum atomic E-state index is 13.3. The number of aromatic hydroxyl groups is 1. The Labute approximate surface area is 172 Å². The molecular formula is C24H31N3O2. The Bertz CT molecular complexity index is 1120. The van der Waals surface area contributed by atoms with Crippen LogP contribution in [0.2, 0.25) is 0 Å². The van der Waals surface area contributed by atoms with Crippen LogP contribution in [0, 0.1) is 5.41 Å². The molecule has 0 amide bonds. The fourth-order valence-electron chi connectivity index (χ4n) is 3.72. The van der Waals surface area contributed by atoms with Crippen molar-refractivity contribution in [3.05, 3.63) is 58.7 Å². The van der Waals surface area contributed by atoms with Crippen molar-refractivity contribution in [2.24, 2.45) is 7.05 Å². The molecule has 0 aliphatic rings. The number of aromatic nitrogens is 2. The molecular weight excluding hydrogens is 362 g/mol. The lowest BCUT2D eigenvalue weighted by atomic mass is 9.78. The van der Waals surface area contributed by atoms with Crippen LogP contribution in [0.5, 0.6) is 5.75 Å². The molecule has 29 heavy (non-hydrogen) atoms. The number of ketones is 1. The van der Waals surface area contributed by atoms with Gasteiger partial charge >= 0.3 is 0 Å². The number of hydrogen-bond donors (Lipinski definition) is 2. The van der Waals surface area contributed by atoms with E-state index in [1.54, 1.807) is 9.13 Å². The molecule has 0 aliphatic carbocycles. The zero-order chi connectivity index (χ0) is 21.7. The lowest BCUT2D eigenvalue weighted by Crippen LogP contribution is -2.26. The molecule has 0 atom stereocenters. The van der Waals surface area contributed by atoms with Crippen LogP contribution in [0.15, 0.2) is 36.4 Å². The Balaban J connectivity index is 2.14. The Hall–Kier alpha value is -2.82. The number of benzene rings is 2. The van der Waals surface area contributed by atoms with Crippen LogP contribution >= 0.6 is 0 Å². The van der Waals surface area contributed by atoms with Crippen molar-refractivity contribution in [1.82, 2.24) is 9.13 Å². The number of imidazole rings is 1. The number of nitrogens with zero attached hydrogens (tertiary/aromatic N) is 2. The molecule has 1 heterocycles. The van der Waals surface area contributed by atoms with Crippen molar-refractivity contribution in [1.29, 1.82) is 5.41 Å². The predicted molar refractivity (Wildman–Crippen MR) is 117 cm³/mol. The van der Waals surface area contributed by atoms with Gasteiger partial charge in [-0.1, -0.05) is 53.7 Å². The molecule has 3 aromatic rings. The summed E-state index contributed by atoms with van der Waals surface area (Å²) in [6.07, 6.45) is 0. The van der Waals surface area contributed by atoms with E-state index in [-0.39, 0.29) is 34.5 Å². The molecule has 5 heteroatoms. The van der Waals surface area contributed by atoms with E-state index in [0.717, 1.165) is 22.2 Å². The van der Waals surface area contributed by atoms with Crippen molar-refractivity contribution in [2.75, 3.05) is 0 Å². The van der Waals surface area contributed by atoms with E-state index in [1.165, 1.54) is 0 Å². The SMILES string of the molecule is Cn1c(=N)n(CC(=O)c2cc(C(C)(C)C)c(O)c(C(C)(C)C)c2)c2ccccc21. The molecule has 0 bridgehead atoms. The van der Waals surface area contributed by atoms with Gasteiger partial charge in [0.1, 0.15) is 5.75 Å². The third-order valence-corrected chi connectivity index (χ3v) is 5.46. The van der Waals surface area contributed by atoms with Gasteiger partial charge in [-0.3, -0.25) is 10.2 Å². The van der Waals surface area contributed by atoms with Gasteiger partial charge in [-0.15, -0.1) is 0 Å². The van der Waals surface area contributed by atoms with E-state index in [2.05, 4.69) is 0 Å². The van der Waals surface area contributed by atoms with Crippen LogP contribution in [0.1, 0.15) is 63.0 Å². The number of phenols is 1. The van der Waals surface area contributed by atoms with Crippen LogP contribution in [-0.4, -0.2) is 20.0 Å². The molecule has 2 N–H and O–H groups in total. The van der Waals surface area contributed by atoms with E-state index < -0.39 is 0 Å². The summed E-state index contributed by atoms with van der Waals surface area (Å²) in [6, 6.07) is 11.3. The third kappa shape index (κ3) is 3.74. The van der Waals surface area contributed by atoms with Gasteiger partial charge in [-0.2, -0.15) is 0 Å². The first-order chi connectivity index (χ1) is 13.3. The second kappa shape index (κ2) is 6.90. The standard InChI is InChI=1S/C24H31N3O2/c1-23(2,3)16-12-15(13-17(21(16)29)24(4,5)6)20(28)14-27-19-11-9-8-10-18(19)26(7)22(27)25/h8-13,25,29H,14H2,1-7H3. The van der Waals surface area contributed by atoms with Crippen LogP contribution in [-0.2, 0) is 24.4 Å². The second-order valence-corrected chi connectivity index (χ2v) is 9.80. The molecule has 0 unspecified atom stereocenters. The van der Waals surface area contributed by atoms with Crippen LogP contribution in [0.25, 0.3) is 11.0 Å². The molecule has 0 radical (unpaired) electrons. The van der Waals surface area contributed by atoms with Crippen molar-refractivity contribution < 1.29 is 9.90 Å². The van der Waals surface area contributed by atoms with Gasteiger partial charge in [0.05, 0.1) is 17.6 Å². The first kappa shape index (κ1) is 20.9. The zero-order valence-electron chi connectivity index (χ0n) is 18.4. The predicted octanol–water partition coefficient (Wildman–Crippen LogP) is 4.64. The van der Waals surface area contributed by atoms with E-state index >= 15 is 0 Å². The second-order valence-electron chi connectivity index (χ2n) is 9.80. The molecule has 154 valence electrons. The first-order valence-corrected chi connectivity index (χ1v) is 9.92. The zero-order valence-corrected chi connectivity index (χ0v) is 18.4. The third-order valence-electron chi connectivity index (χ3n) is 5.46. The number of aryl methyl sites for hydroxylation is 1.